The molecule has 0 aromatic heterocycles. The summed E-state index contributed by atoms with van der Waals surface area (Å²) in [6.07, 6.45) is 1.14. The van der Waals surface area contributed by atoms with Crippen LogP contribution in [0.15, 0.2) is 11.8 Å². The van der Waals surface area contributed by atoms with Crippen LogP contribution in [0, 0.1) is 5.92 Å². The lowest BCUT2D eigenvalue weighted by molar-refractivity contribution is 0.629. The van der Waals surface area contributed by atoms with E-state index in [0.717, 1.165) is 6.42 Å². The predicted molar refractivity (Wildman–Crippen MR) is 55.3 cm³/mol. The molecule has 2 unspecified atom stereocenters. The van der Waals surface area contributed by atoms with Crippen LogP contribution in [0.5, 0.6) is 0 Å². The summed E-state index contributed by atoms with van der Waals surface area (Å²) in [6, 6.07) is 0. The summed E-state index contributed by atoms with van der Waals surface area (Å²) in [4.78, 5) is 0. The molecule has 0 bridgehead atoms. The molecule has 0 spiro atoms. The van der Waals surface area contributed by atoms with Gasteiger partial charge in [0.05, 0.1) is 0 Å². The van der Waals surface area contributed by atoms with Gasteiger partial charge in [0.2, 0.25) is 8.27 Å². The molecule has 0 aliphatic rings. The highest BCUT2D eigenvalue weighted by molar-refractivity contribution is 7.09. The Morgan fingerprint density at radius 3 is 2.36 bits per heavy atom. The quantitative estimate of drug-likeness (QED) is 0.487. The minimum Gasteiger partial charge on any atom is -0.316 e. The van der Waals surface area contributed by atoms with Crippen LogP contribution in [0.3, 0.4) is 0 Å². The number of allylic oxidation sites excluding steroid dienone is 1. The van der Waals surface area contributed by atoms with E-state index >= 15 is 0 Å². The number of rotatable bonds is 4. The molecule has 0 heterocycles. The van der Waals surface area contributed by atoms with E-state index in [1.54, 1.807) is 0 Å². The lowest BCUT2D eigenvalue weighted by Gasteiger charge is -2.21. The Labute approximate surface area is 76.4 Å². The normalized spacial score (nSPS) is 16.5. The third-order valence-corrected chi connectivity index (χ3v) is 6.10. The Bertz CT molecular complexity index is 136. The Balaban J connectivity index is 4.02. The van der Waals surface area contributed by atoms with Crippen molar-refractivity contribution in [2.24, 2.45) is 5.92 Å². The SMILES string of the molecule is C=C(C(C)CC)[SiH](Cl)N(C)C. The van der Waals surface area contributed by atoms with Crippen LogP contribution in [0.2, 0.25) is 0 Å². The van der Waals surface area contributed by atoms with Gasteiger partial charge in [-0.25, -0.2) is 0 Å². The van der Waals surface area contributed by atoms with Crippen molar-refractivity contribution in [2.75, 3.05) is 14.1 Å². The molecule has 0 saturated heterocycles. The van der Waals surface area contributed by atoms with E-state index in [0.29, 0.717) is 5.92 Å². The van der Waals surface area contributed by atoms with E-state index in [1.807, 2.05) is 14.1 Å². The molecule has 0 N–H and O–H groups in total. The molecular weight excluding hydrogens is 174 g/mol. The first-order valence-corrected chi connectivity index (χ1v) is 6.83. The first-order valence-electron chi connectivity index (χ1n) is 3.99. The second-order valence-electron chi connectivity index (χ2n) is 3.18. The van der Waals surface area contributed by atoms with Crippen molar-refractivity contribution in [2.45, 2.75) is 20.3 Å². The first-order chi connectivity index (χ1) is 5.00. The molecule has 1 nitrogen and oxygen atoms in total. The zero-order valence-corrected chi connectivity index (χ0v) is 9.80. The number of halogens is 1. The third kappa shape index (κ3) is 3.41. The molecule has 0 rings (SSSR count). The summed E-state index contributed by atoms with van der Waals surface area (Å²) in [6.45, 7) is 8.39. The second-order valence-corrected chi connectivity index (χ2v) is 6.87. The first kappa shape index (κ1) is 11.2. The van der Waals surface area contributed by atoms with Gasteiger partial charge in [-0.1, -0.05) is 25.5 Å². The van der Waals surface area contributed by atoms with Gasteiger partial charge in [-0.15, -0.1) is 17.7 Å². The molecule has 0 radical (unpaired) electrons. The van der Waals surface area contributed by atoms with Gasteiger partial charge in [0.25, 0.3) is 0 Å². The topological polar surface area (TPSA) is 3.24 Å². The minimum atomic E-state index is -1.33. The Morgan fingerprint density at radius 1 is 1.64 bits per heavy atom. The van der Waals surface area contributed by atoms with Crippen molar-refractivity contribution in [3.8, 4) is 0 Å². The van der Waals surface area contributed by atoms with E-state index < -0.39 is 8.27 Å². The van der Waals surface area contributed by atoms with Gasteiger partial charge >= 0.3 is 0 Å². The molecule has 11 heavy (non-hydrogen) atoms. The van der Waals surface area contributed by atoms with E-state index in [1.165, 1.54) is 5.20 Å². The smallest absolute Gasteiger partial charge is 0.240 e. The van der Waals surface area contributed by atoms with Crippen LogP contribution in [0.1, 0.15) is 20.3 Å². The minimum absolute atomic E-state index is 0.576. The van der Waals surface area contributed by atoms with Gasteiger partial charge in [-0.2, -0.15) is 0 Å². The molecule has 3 heteroatoms. The van der Waals surface area contributed by atoms with Gasteiger partial charge in [0.15, 0.2) is 0 Å². The van der Waals surface area contributed by atoms with Crippen LogP contribution < -0.4 is 0 Å². The largest absolute Gasteiger partial charge is 0.316 e. The van der Waals surface area contributed by atoms with Gasteiger partial charge in [-0.05, 0) is 20.0 Å². The van der Waals surface area contributed by atoms with Crippen molar-refractivity contribution in [1.29, 1.82) is 0 Å². The van der Waals surface area contributed by atoms with E-state index in [2.05, 4.69) is 25.0 Å². The lowest BCUT2D eigenvalue weighted by atomic mass is 10.1. The average molecular weight is 192 g/mol. The number of hydrogen-bond acceptors (Lipinski definition) is 1. The van der Waals surface area contributed by atoms with Crippen molar-refractivity contribution in [3.05, 3.63) is 11.8 Å². The summed E-state index contributed by atoms with van der Waals surface area (Å²) < 4.78 is 2.11. The highest BCUT2D eigenvalue weighted by Crippen LogP contribution is 2.18. The molecule has 0 amide bonds. The van der Waals surface area contributed by atoms with Gasteiger partial charge in [0.1, 0.15) is 0 Å². The highest BCUT2D eigenvalue weighted by atomic mass is 35.6. The molecule has 0 fully saturated rings. The van der Waals surface area contributed by atoms with Crippen molar-refractivity contribution >= 4 is 19.3 Å². The van der Waals surface area contributed by atoms with Crippen LogP contribution in [0.4, 0.5) is 0 Å². The molecule has 0 aromatic carbocycles. The molecule has 66 valence electrons. The fourth-order valence-corrected chi connectivity index (χ4v) is 2.84. The van der Waals surface area contributed by atoms with Crippen molar-refractivity contribution in [1.82, 2.24) is 4.57 Å². The Morgan fingerprint density at radius 2 is 2.09 bits per heavy atom. The molecule has 0 saturated carbocycles. The lowest BCUT2D eigenvalue weighted by Crippen LogP contribution is -2.31. The zero-order valence-electron chi connectivity index (χ0n) is 7.89. The number of nitrogens with zero attached hydrogens (tertiary/aromatic N) is 1. The van der Waals surface area contributed by atoms with Crippen LogP contribution >= 0.6 is 11.1 Å². The van der Waals surface area contributed by atoms with E-state index in [9.17, 15) is 0 Å². The van der Waals surface area contributed by atoms with Gasteiger partial charge in [0, 0.05) is 0 Å². The standard InChI is InChI=1S/C8H18ClNSi/c1-6-7(2)8(3)11(9)10(4)5/h7,11H,3,6H2,1-2,4-5H3. The Kier molecular flexibility index (Phi) is 5.05. The van der Waals surface area contributed by atoms with Crippen LogP contribution in [-0.4, -0.2) is 26.9 Å². The average Bonchev–Trinajstić information content (AvgIpc) is 2.00. The molecule has 0 aromatic rings. The summed E-state index contributed by atoms with van der Waals surface area (Å²) in [5.41, 5.74) is 0. The van der Waals surface area contributed by atoms with E-state index in [4.69, 9.17) is 11.1 Å². The second kappa shape index (κ2) is 4.96. The summed E-state index contributed by atoms with van der Waals surface area (Å²) in [7, 11) is 2.72. The van der Waals surface area contributed by atoms with Crippen LogP contribution in [-0.2, 0) is 0 Å². The summed E-state index contributed by atoms with van der Waals surface area (Å²) >= 11 is 6.21. The molecule has 0 aliphatic carbocycles. The van der Waals surface area contributed by atoms with E-state index in [-0.39, 0.29) is 0 Å². The van der Waals surface area contributed by atoms with Gasteiger partial charge in [-0.3, -0.25) is 0 Å². The van der Waals surface area contributed by atoms with Gasteiger partial charge < -0.3 is 4.57 Å². The fraction of sp³-hybridized carbons (Fsp3) is 0.750. The number of hydrogen-bond donors (Lipinski definition) is 0. The molecular formula is C8H18ClNSi. The predicted octanol–water partition coefficient (Wildman–Crippen LogP) is 2.15. The fourth-order valence-electron chi connectivity index (χ4n) is 0.829. The monoisotopic (exact) mass is 191 g/mol. The zero-order chi connectivity index (χ0) is 9.02. The maximum absolute atomic E-state index is 6.21. The maximum atomic E-state index is 6.21. The molecule has 2 atom stereocenters. The Hall–Kier alpha value is 0.207. The molecule has 0 aliphatic heterocycles. The summed E-state index contributed by atoms with van der Waals surface area (Å²) in [5.74, 6) is 0.576. The summed E-state index contributed by atoms with van der Waals surface area (Å²) in [5, 5.41) is 1.25. The van der Waals surface area contributed by atoms with Crippen LogP contribution in [0.25, 0.3) is 0 Å². The maximum Gasteiger partial charge on any atom is 0.240 e. The van der Waals surface area contributed by atoms with Crippen molar-refractivity contribution in [3.63, 3.8) is 0 Å². The third-order valence-electron chi connectivity index (χ3n) is 2.00. The van der Waals surface area contributed by atoms with Crippen molar-refractivity contribution < 1.29 is 0 Å². The highest BCUT2D eigenvalue weighted by Gasteiger charge is 2.17.